The molecule has 0 unspecified atom stereocenters. The first-order chi connectivity index (χ1) is 10.9. The number of nitrogens with one attached hydrogen (secondary N) is 1. The fourth-order valence-electron chi connectivity index (χ4n) is 2.24. The number of hydrogen-bond donors (Lipinski definition) is 1. The summed E-state index contributed by atoms with van der Waals surface area (Å²) in [5, 5.41) is 3.13. The lowest BCUT2D eigenvalue weighted by Gasteiger charge is -2.12. The zero-order valence-electron chi connectivity index (χ0n) is 13.3. The third-order valence-electron chi connectivity index (χ3n) is 3.28. The second-order valence-corrected chi connectivity index (χ2v) is 5.84. The van der Waals surface area contributed by atoms with Crippen LogP contribution in [0.5, 0.6) is 0 Å². The van der Waals surface area contributed by atoms with Crippen molar-refractivity contribution in [1.82, 2.24) is 0 Å². The van der Waals surface area contributed by atoms with Crippen LogP contribution in [0.4, 0.5) is 5.69 Å². The van der Waals surface area contributed by atoms with Crippen LogP contribution in [0.1, 0.15) is 27.0 Å². The van der Waals surface area contributed by atoms with Crippen LogP contribution < -0.4 is 5.32 Å². The van der Waals surface area contributed by atoms with Crippen molar-refractivity contribution in [1.29, 1.82) is 0 Å². The summed E-state index contributed by atoms with van der Waals surface area (Å²) < 4.78 is 5.03. The predicted molar refractivity (Wildman–Crippen MR) is 91.0 cm³/mol. The average molecular weight is 332 g/mol. The third-order valence-corrected chi connectivity index (χ3v) is 3.58. The van der Waals surface area contributed by atoms with Crippen LogP contribution in [0.2, 0.25) is 5.02 Å². The summed E-state index contributed by atoms with van der Waals surface area (Å²) in [6, 6.07) is 10.7. The van der Waals surface area contributed by atoms with Gasteiger partial charge in [0.1, 0.15) is 0 Å². The topological polar surface area (TPSA) is 55.4 Å². The molecule has 0 aliphatic carbocycles. The number of aryl methyl sites for hydroxylation is 3. The molecule has 5 heteroatoms. The van der Waals surface area contributed by atoms with E-state index in [0.29, 0.717) is 16.3 Å². The van der Waals surface area contributed by atoms with Crippen LogP contribution >= 0.6 is 11.6 Å². The summed E-state index contributed by atoms with van der Waals surface area (Å²) in [6.07, 6.45) is 0. The van der Waals surface area contributed by atoms with Crippen molar-refractivity contribution in [2.75, 3.05) is 11.9 Å². The molecule has 0 atom stereocenters. The molecule has 0 spiro atoms. The van der Waals surface area contributed by atoms with Gasteiger partial charge in [0.15, 0.2) is 6.61 Å². The number of halogens is 1. The highest BCUT2D eigenvalue weighted by Gasteiger charge is 2.13. The van der Waals surface area contributed by atoms with Crippen molar-refractivity contribution in [3.8, 4) is 0 Å². The molecule has 2 aromatic rings. The fraction of sp³-hybridized carbons (Fsp3) is 0.222. The minimum absolute atomic E-state index is 0.365. The molecule has 120 valence electrons. The van der Waals surface area contributed by atoms with Crippen LogP contribution in [0.3, 0.4) is 0 Å². The van der Waals surface area contributed by atoms with Gasteiger partial charge in [-0.05, 0) is 50.1 Å². The summed E-state index contributed by atoms with van der Waals surface area (Å²) in [7, 11) is 0. The van der Waals surface area contributed by atoms with Crippen molar-refractivity contribution >= 4 is 29.2 Å². The number of ether oxygens (including phenoxy) is 1. The number of carbonyl (C=O) groups is 2. The first-order valence-corrected chi connectivity index (χ1v) is 7.55. The Labute approximate surface area is 140 Å². The van der Waals surface area contributed by atoms with E-state index in [1.165, 1.54) is 0 Å². The number of amides is 1. The predicted octanol–water partition coefficient (Wildman–Crippen LogP) is 4.06. The van der Waals surface area contributed by atoms with Gasteiger partial charge in [0, 0.05) is 0 Å². The highest BCUT2D eigenvalue weighted by molar-refractivity contribution is 6.34. The molecule has 0 aliphatic rings. The van der Waals surface area contributed by atoms with Crippen LogP contribution in [0.15, 0.2) is 36.4 Å². The smallest absolute Gasteiger partial charge is 0.338 e. The van der Waals surface area contributed by atoms with Crippen molar-refractivity contribution in [2.24, 2.45) is 0 Å². The SMILES string of the molecule is Cc1cccc(C(=O)OCC(=O)Nc2c(C)cc(C)cc2Cl)c1. The van der Waals surface area contributed by atoms with E-state index in [9.17, 15) is 9.59 Å². The van der Waals surface area contributed by atoms with Gasteiger partial charge in [0.25, 0.3) is 5.91 Å². The lowest BCUT2D eigenvalue weighted by atomic mass is 10.1. The molecule has 4 nitrogen and oxygen atoms in total. The Bertz CT molecular complexity index is 733. The molecular weight excluding hydrogens is 314 g/mol. The number of benzene rings is 2. The van der Waals surface area contributed by atoms with Crippen molar-refractivity contribution in [3.63, 3.8) is 0 Å². The van der Waals surface area contributed by atoms with Crippen LogP contribution in [0.25, 0.3) is 0 Å². The molecule has 1 N–H and O–H groups in total. The summed E-state index contributed by atoms with van der Waals surface area (Å²) in [6.45, 7) is 5.30. The molecular formula is C18H18ClNO3. The first kappa shape index (κ1) is 17.0. The van der Waals surface area contributed by atoms with Gasteiger partial charge in [0.05, 0.1) is 16.3 Å². The molecule has 2 rings (SSSR count). The Balaban J connectivity index is 1.97. The maximum absolute atomic E-state index is 12.0. The monoisotopic (exact) mass is 331 g/mol. The van der Waals surface area contributed by atoms with Gasteiger partial charge >= 0.3 is 5.97 Å². The quantitative estimate of drug-likeness (QED) is 0.859. The standard InChI is InChI=1S/C18H18ClNO3/c1-11-5-4-6-14(8-11)18(22)23-10-16(21)20-17-13(3)7-12(2)9-15(17)19/h4-9H,10H2,1-3H3,(H,20,21). The van der Waals surface area contributed by atoms with E-state index in [-0.39, 0.29) is 6.61 Å². The minimum Gasteiger partial charge on any atom is -0.452 e. The Morgan fingerprint density at radius 3 is 2.48 bits per heavy atom. The molecule has 0 heterocycles. The summed E-state index contributed by atoms with van der Waals surface area (Å²) in [5.41, 5.74) is 3.77. The molecule has 0 saturated heterocycles. The molecule has 0 fully saturated rings. The maximum atomic E-state index is 12.0. The van der Waals surface area contributed by atoms with Crippen LogP contribution in [-0.4, -0.2) is 18.5 Å². The van der Waals surface area contributed by atoms with Crippen molar-refractivity contribution < 1.29 is 14.3 Å². The molecule has 0 aromatic heterocycles. The van der Waals surface area contributed by atoms with Gasteiger partial charge in [-0.15, -0.1) is 0 Å². The minimum atomic E-state index is -0.532. The molecule has 0 radical (unpaired) electrons. The third kappa shape index (κ3) is 4.57. The van der Waals surface area contributed by atoms with Crippen molar-refractivity contribution in [3.05, 3.63) is 63.7 Å². The number of hydrogen-bond acceptors (Lipinski definition) is 3. The van der Waals surface area contributed by atoms with Gasteiger partial charge < -0.3 is 10.1 Å². The lowest BCUT2D eigenvalue weighted by Crippen LogP contribution is -2.21. The number of esters is 1. The van der Waals surface area contributed by atoms with E-state index < -0.39 is 11.9 Å². The highest BCUT2D eigenvalue weighted by atomic mass is 35.5. The van der Waals surface area contributed by atoms with E-state index >= 15 is 0 Å². The van der Waals surface area contributed by atoms with E-state index in [2.05, 4.69) is 5.32 Å². The summed E-state index contributed by atoms with van der Waals surface area (Å²) in [4.78, 5) is 23.9. The Morgan fingerprint density at radius 1 is 1.09 bits per heavy atom. The summed E-state index contributed by atoms with van der Waals surface area (Å²) >= 11 is 6.13. The molecule has 0 bridgehead atoms. The van der Waals surface area contributed by atoms with Gasteiger partial charge in [-0.2, -0.15) is 0 Å². The fourth-order valence-corrected chi connectivity index (χ4v) is 2.60. The highest BCUT2D eigenvalue weighted by Crippen LogP contribution is 2.27. The molecule has 2 aromatic carbocycles. The van der Waals surface area contributed by atoms with Crippen molar-refractivity contribution in [2.45, 2.75) is 20.8 Å². The maximum Gasteiger partial charge on any atom is 0.338 e. The van der Waals surface area contributed by atoms with E-state index in [4.69, 9.17) is 16.3 Å². The van der Waals surface area contributed by atoms with Gasteiger partial charge in [0.2, 0.25) is 0 Å². The van der Waals surface area contributed by atoms with Gasteiger partial charge in [-0.3, -0.25) is 4.79 Å². The zero-order valence-corrected chi connectivity index (χ0v) is 14.0. The Morgan fingerprint density at radius 2 is 1.83 bits per heavy atom. The largest absolute Gasteiger partial charge is 0.452 e. The Kier molecular flexibility index (Phi) is 5.40. The molecule has 0 aliphatic heterocycles. The average Bonchev–Trinajstić information content (AvgIpc) is 2.48. The van der Waals surface area contributed by atoms with Crippen LogP contribution in [0, 0.1) is 20.8 Å². The molecule has 23 heavy (non-hydrogen) atoms. The zero-order chi connectivity index (χ0) is 17.0. The molecule has 1 amide bonds. The van der Waals surface area contributed by atoms with E-state index in [0.717, 1.165) is 16.7 Å². The van der Waals surface area contributed by atoms with Gasteiger partial charge in [-0.1, -0.05) is 35.4 Å². The second-order valence-electron chi connectivity index (χ2n) is 5.43. The van der Waals surface area contributed by atoms with Gasteiger partial charge in [-0.25, -0.2) is 4.79 Å². The Hall–Kier alpha value is -2.33. The normalized spacial score (nSPS) is 10.3. The second kappa shape index (κ2) is 7.29. The number of carbonyl (C=O) groups excluding carboxylic acids is 2. The summed E-state index contributed by atoms with van der Waals surface area (Å²) in [5.74, 6) is -0.963. The van der Waals surface area contributed by atoms with Crippen LogP contribution in [-0.2, 0) is 9.53 Å². The first-order valence-electron chi connectivity index (χ1n) is 7.17. The van der Waals surface area contributed by atoms with E-state index in [1.807, 2.05) is 32.9 Å². The molecule has 0 saturated carbocycles. The van der Waals surface area contributed by atoms with E-state index in [1.54, 1.807) is 24.3 Å². The number of anilines is 1. The lowest BCUT2D eigenvalue weighted by molar-refractivity contribution is -0.119. The number of rotatable bonds is 4.